The fourth-order valence-electron chi connectivity index (χ4n) is 11.6. The largest absolute Gasteiger partial charge is 0.464 e. The highest BCUT2D eigenvalue weighted by Gasteiger charge is 2.71. The Morgan fingerprint density at radius 3 is 2.33 bits per heavy atom. The van der Waals surface area contributed by atoms with Gasteiger partial charge in [-0.3, -0.25) is 9.59 Å². The fourth-order valence-corrected chi connectivity index (χ4v) is 11.8. The molecule has 5 aliphatic carbocycles. The number of hydrogen-bond donors (Lipinski definition) is 0. The number of ketones is 1. The molecule has 0 amide bonds. The van der Waals surface area contributed by atoms with Crippen LogP contribution < -0.4 is 0 Å². The second-order valence-electron chi connectivity index (χ2n) is 15.0. The molecular weight excluding hydrogens is 512 g/mol. The van der Waals surface area contributed by atoms with Gasteiger partial charge in [-0.1, -0.05) is 62.7 Å². The van der Waals surface area contributed by atoms with Crippen LogP contribution in [0, 0.1) is 56.7 Å². The van der Waals surface area contributed by atoms with Crippen LogP contribution in [0.15, 0.2) is 12.2 Å². The second-order valence-corrected chi connectivity index (χ2v) is 15.5. The number of hydrogen-bond acceptors (Lipinski definition) is 3. The summed E-state index contributed by atoms with van der Waals surface area (Å²) in [5, 5.41) is 0.275. The first-order valence-electron chi connectivity index (χ1n) is 14.7. The van der Waals surface area contributed by atoms with Crippen molar-refractivity contribution in [3.05, 3.63) is 12.2 Å². The number of carbonyl (C=O) groups excluding carboxylic acids is 2. The normalized spacial score (nSPS) is 49.3. The van der Waals surface area contributed by atoms with Gasteiger partial charge in [0.05, 0.1) is 6.61 Å². The summed E-state index contributed by atoms with van der Waals surface area (Å²) in [5.41, 5.74) is 2.06. The van der Waals surface area contributed by atoms with Crippen molar-refractivity contribution in [1.82, 2.24) is 0 Å². The number of esters is 1. The lowest BCUT2D eigenvalue weighted by molar-refractivity contribution is -0.237. The van der Waals surface area contributed by atoms with E-state index in [9.17, 15) is 9.59 Å². The third kappa shape index (κ3) is 3.47. The lowest BCUT2D eigenvalue weighted by Gasteiger charge is -2.72. The zero-order valence-electron chi connectivity index (χ0n) is 23.7. The Labute approximate surface area is 228 Å². The summed E-state index contributed by atoms with van der Waals surface area (Å²) < 4.78 is 5.88. The van der Waals surface area contributed by atoms with Crippen LogP contribution in [0.25, 0.3) is 0 Å². The zero-order chi connectivity index (χ0) is 26.3. The summed E-state index contributed by atoms with van der Waals surface area (Å²) in [5.74, 6) is 3.29. The molecule has 5 fully saturated rings. The van der Waals surface area contributed by atoms with E-state index in [1.807, 2.05) is 0 Å². The van der Waals surface area contributed by atoms with Crippen molar-refractivity contribution >= 4 is 27.7 Å². The predicted molar refractivity (Wildman–Crippen MR) is 149 cm³/mol. The minimum absolute atomic E-state index is 0.106. The number of allylic oxidation sites excluding steroid dienone is 1. The van der Waals surface area contributed by atoms with Crippen molar-refractivity contribution in [3.8, 4) is 0 Å². The molecule has 0 aromatic heterocycles. The molecule has 5 rings (SSSR count). The van der Waals surface area contributed by atoms with Crippen LogP contribution in [0.3, 0.4) is 0 Å². The Bertz CT molecular complexity index is 955. The van der Waals surface area contributed by atoms with E-state index in [2.05, 4.69) is 64.1 Å². The molecule has 0 bridgehead atoms. The van der Waals surface area contributed by atoms with E-state index in [0.717, 1.165) is 25.7 Å². The molecule has 202 valence electrons. The van der Waals surface area contributed by atoms with Gasteiger partial charge in [0.1, 0.15) is 11.1 Å². The maximum Gasteiger partial charge on any atom is 0.316 e. The number of carbonyl (C=O) groups is 2. The molecule has 5 saturated carbocycles. The van der Waals surface area contributed by atoms with E-state index in [-0.39, 0.29) is 33.0 Å². The van der Waals surface area contributed by atoms with Crippen molar-refractivity contribution < 1.29 is 14.3 Å². The van der Waals surface area contributed by atoms with Gasteiger partial charge in [0.25, 0.3) is 0 Å². The highest BCUT2D eigenvalue weighted by molar-refractivity contribution is 9.09. The molecule has 3 nitrogen and oxygen atoms in total. The number of rotatable bonds is 4. The highest BCUT2D eigenvalue weighted by atomic mass is 79.9. The Morgan fingerprint density at radius 2 is 1.67 bits per heavy atom. The average molecular weight is 562 g/mol. The molecule has 0 aromatic rings. The molecule has 4 heteroatoms. The molecule has 5 aliphatic rings. The van der Waals surface area contributed by atoms with Gasteiger partial charge in [-0.2, -0.15) is 0 Å². The van der Waals surface area contributed by atoms with E-state index in [1.54, 1.807) is 0 Å². The van der Waals surface area contributed by atoms with Crippen LogP contribution in [0.4, 0.5) is 0 Å². The zero-order valence-corrected chi connectivity index (χ0v) is 25.3. The van der Waals surface area contributed by atoms with Crippen molar-refractivity contribution in [2.75, 3.05) is 11.9 Å². The van der Waals surface area contributed by atoms with Crippen LogP contribution >= 0.6 is 15.9 Å². The third-order valence-electron chi connectivity index (χ3n) is 13.6. The Morgan fingerprint density at radius 1 is 0.944 bits per heavy atom. The van der Waals surface area contributed by atoms with E-state index in [0.29, 0.717) is 47.4 Å². The standard InChI is InChI=1S/C32H49BrO3/c1-20(2)21-10-15-32(19-36-26(35)18-33)17-16-30(6)22(27(21)32)8-9-24-29(5)13-12-25(34)28(3,4)23(29)11-14-31(24,30)7/h21-24,27H,1,8-19H2,2-7H3/t21?,22-,23+,24?,27?,29+,30-,31-,32-/m1/s1. The summed E-state index contributed by atoms with van der Waals surface area (Å²) in [4.78, 5) is 25.2. The summed E-state index contributed by atoms with van der Waals surface area (Å²) in [6.45, 7) is 19.6. The number of Topliss-reactive ketones (excluding diaryl/α,β-unsaturated/α-hetero) is 1. The number of ether oxygens (including phenoxy) is 1. The van der Waals surface area contributed by atoms with Gasteiger partial charge >= 0.3 is 5.97 Å². The first kappa shape index (κ1) is 26.9. The van der Waals surface area contributed by atoms with E-state index >= 15 is 0 Å². The molecule has 36 heavy (non-hydrogen) atoms. The van der Waals surface area contributed by atoms with Crippen molar-refractivity contribution in [2.45, 2.75) is 106 Å². The van der Waals surface area contributed by atoms with Crippen molar-refractivity contribution in [1.29, 1.82) is 0 Å². The maximum absolute atomic E-state index is 13.0. The molecule has 0 aromatic carbocycles. The maximum atomic E-state index is 13.0. The third-order valence-corrected chi connectivity index (χ3v) is 14.1. The molecule has 0 radical (unpaired) electrons. The highest BCUT2D eigenvalue weighted by Crippen LogP contribution is 2.77. The van der Waals surface area contributed by atoms with Crippen molar-refractivity contribution in [2.24, 2.45) is 56.7 Å². The molecule has 3 unspecified atom stereocenters. The van der Waals surface area contributed by atoms with Gasteiger partial charge in [-0.25, -0.2) is 0 Å². The smallest absolute Gasteiger partial charge is 0.316 e. The quantitative estimate of drug-likeness (QED) is 0.198. The lowest BCUT2D eigenvalue weighted by Crippen LogP contribution is -2.66. The molecule has 0 N–H and O–H groups in total. The minimum Gasteiger partial charge on any atom is -0.464 e. The first-order chi connectivity index (χ1) is 16.8. The Balaban J connectivity index is 1.52. The summed E-state index contributed by atoms with van der Waals surface area (Å²) >= 11 is 3.29. The lowest BCUT2D eigenvalue weighted by atomic mass is 9.32. The minimum atomic E-state index is -0.191. The van der Waals surface area contributed by atoms with Gasteiger partial charge < -0.3 is 4.74 Å². The van der Waals surface area contributed by atoms with E-state index < -0.39 is 0 Å². The molecule has 0 heterocycles. The number of alkyl halides is 1. The van der Waals surface area contributed by atoms with E-state index in [4.69, 9.17) is 4.74 Å². The number of fused-ring (bicyclic) bond motifs is 7. The molecule has 9 atom stereocenters. The Kier molecular flexibility index (Phi) is 6.50. The Hall–Kier alpha value is -0.640. The summed E-state index contributed by atoms with van der Waals surface area (Å²) in [6.07, 6.45) is 11.6. The summed E-state index contributed by atoms with van der Waals surface area (Å²) in [6, 6.07) is 0. The van der Waals surface area contributed by atoms with Gasteiger partial charge in [0.15, 0.2) is 0 Å². The topological polar surface area (TPSA) is 43.4 Å². The van der Waals surface area contributed by atoms with Gasteiger partial charge in [0.2, 0.25) is 0 Å². The SMILES string of the molecule is C=C(C)C1CC[C@]2(COC(=O)CBr)CC[C@]3(C)[C@H](CCC4[C@@]5(C)CCC(=O)C(C)(C)[C@@H]5CC[C@]43C)C12. The first-order valence-corrected chi connectivity index (χ1v) is 15.8. The predicted octanol–water partition coefficient (Wildman–Crippen LogP) is 8.15. The fraction of sp³-hybridized carbons (Fsp3) is 0.875. The van der Waals surface area contributed by atoms with Crippen molar-refractivity contribution in [3.63, 3.8) is 0 Å². The average Bonchev–Trinajstić information content (AvgIpc) is 3.21. The monoisotopic (exact) mass is 560 g/mol. The van der Waals surface area contributed by atoms with Gasteiger partial charge in [-0.15, -0.1) is 0 Å². The van der Waals surface area contributed by atoms with Gasteiger partial charge in [0, 0.05) is 17.3 Å². The van der Waals surface area contributed by atoms with Crippen LogP contribution in [0.1, 0.15) is 106 Å². The number of halogens is 1. The second kappa shape index (κ2) is 8.68. The molecule has 0 aliphatic heterocycles. The van der Waals surface area contributed by atoms with Crippen LogP contribution in [-0.2, 0) is 14.3 Å². The van der Waals surface area contributed by atoms with Crippen LogP contribution in [-0.4, -0.2) is 23.7 Å². The van der Waals surface area contributed by atoms with Crippen LogP contribution in [0.5, 0.6) is 0 Å². The van der Waals surface area contributed by atoms with Crippen LogP contribution in [0.2, 0.25) is 0 Å². The van der Waals surface area contributed by atoms with Gasteiger partial charge in [-0.05, 0) is 111 Å². The summed E-state index contributed by atoms with van der Waals surface area (Å²) in [7, 11) is 0. The molecule has 0 saturated heterocycles. The molecular formula is C32H49BrO3. The molecule has 0 spiro atoms. The van der Waals surface area contributed by atoms with E-state index in [1.165, 1.54) is 44.1 Å².